The largest absolute Gasteiger partial charge is 0.440 e. The average molecular weight is 429 g/mol. The van der Waals surface area contributed by atoms with Crippen molar-refractivity contribution in [1.82, 2.24) is 9.88 Å². The number of oxazole rings is 1. The summed E-state index contributed by atoms with van der Waals surface area (Å²) < 4.78 is 5.89. The van der Waals surface area contributed by atoms with Gasteiger partial charge in [-0.15, -0.1) is 0 Å². The molecule has 1 aromatic heterocycles. The molecule has 2 heterocycles. The molecule has 0 saturated carbocycles. The maximum atomic E-state index is 12.7. The Kier molecular flexibility index (Phi) is 5.69. The van der Waals surface area contributed by atoms with Crippen LogP contribution in [0, 0.1) is 10.1 Å². The number of rotatable bonds is 5. The van der Waals surface area contributed by atoms with E-state index in [1.807, 2.05) is 13.0 Å². The first-order valence-corrected chi connectivity index (χ1v) is 10.1. The van der Waals surface area contributed by atoms with Crippen LogP contribution >= 0.6 is 11.6 Å². The topological polar surface area (TPSA) is 102 Å². The van der Waals surface area contributed by atoms with E-state index in [2.05, 4.69) is 15.2 Å². The number of hydrogen-bond donors (Lipinski definition) is 1. The van der Waals surface area contributed by atoms with Crippen molar-refractivity contribution in [2.45, 2.75) is 31.7 Å². The zero-order chi connectivity index (χ0) is 21.3. The normalized spacial score (nSPS) is 16.5. The van der Waals surface area contributed by atoms with Crippen LogP contribution in [0.2, 0.25) is 5.02 Å². The quantitative estimate of drug-likeness (QED) is 0.470. The van der Waals surface area contributed by atoms with E-state index >= 15 is 0 Å². The molecule has 0 bridgehead atoms. The Bertz CT molecular complexity index is 1090. The molecule has 1 atom stereocenters. The first kappa shape index (κ1) is 20.3. The molecule has 0 radical (unpaired) electrons. The summed E-state index contributed by atoms with van der Waals surface area (Å²) >= 11 is 6.02. The van der Waals surface area contributed by atoms with Crippen molar-refractivity contribution in [3.63, 3.8) is 0 Å². The number of para-hydroxylation sites is 2. The van der Waals surface area contributed by atoms with Gasteiger partial charge in [-0.1, -0.05) is 23.7 Å². The Labute approximate surface area is 178 Å². The van der Waals surface area contributed by atoms with Crippen molar-refractivity contribution in [3.8, 4) is 0 Å². The van der Waals surface area contributed by atoms with Crippen LogP contribution in [0.1, 0.15) is 31.6 Å². The summed E-state index contributed by atoms with van der Waals surface area (Å²) in [6.45, 7) is 3.22. The zero-order valence-corrected chi connectivity index (χ0v) is 17.1. The number of nitrogens with zero attached hydrogens (tertiary/aromatic N) is 3. The highest BCUT2D eigenvalue weighted by Crippen LogP contribution is 2.31. The van der Waals surface area contributed by atoms with Gasteiger partial charge in [-0.3, -0.25) is 19.8 Å². The maximum absolute atomic E-state index is 12.7. The third kappa shape index (κ3) is 4.15. The van der Waals surface area contributed by atoms with Gasteiger partial charge in [0.1, 0.15) is 11.2 Å². The van der Waals surface area contributed by atoms with Crippen LogP contribution in [0.3, 0.4) is 0 Å². The van der Waals surface area contributed by atoms with Gasteiger partial charge >= 0.3 is 0 Å². The second-order valence-electron chi connectivity index (χ2n) is 7.41. The molecule has 1 aliphatic heterocycles. The fraction of sp³-hybridized carbons (Fsp3) is 0.333. The Morgan fingerprint density at radius 3 is 2.77 bits per heavy atom. The minimum Gasteiger partial charge on any atom is -0.440 e. The molecule has 1 saturated heterocycles. The molecule has 156 valence electrons. The molecule has 0 unspecified atom stereocenters. The first-order valence-electron chi connectivity index (χ1n) is 9.76. The van der Waals surface area contributed by atoms with Crippen molar-refractivity contribution in [1.29, 1.82) is 0 Å². The highest BCUT2D eigenvalue weighted by atomic mass is 35.5. The smallest absolute Gasteiger partial charge is 0.292 e. The van der Waals surface area contributed by atoms with Gasteiger partial charge in [0.2, 0.25) is 5.91 Å². The van der Waals surface area contributed by atoms with Crippen molar-refractivity contribution >= 4 is 40.0 Å². The molecular weight excluding hydrogens is 408 g/mol. The molecular formula is C21H21ClN4O4. The van der Waals surface area contributed by atoms with Gasteiger partial charge < -0.3 is 9.73 Å². The minimum absolute atomic E-state index is 0.118. The molecule has 3 aromatic rings. The number of anilines is 1. The van der Waals surface area contributed by atoms with Crippen molar-refractivity contribution in [2.75, 3.05) is 18.4 Å². The third-order valence-corrected chi connectivity index (χ3v) is 5.77. The lowest BCUT2D eigenvalue weighted by atomic mass is 9.95. The Morgan fingerprint density at radius 1 is 1.30 bits per heavy atom. The van der Waals surface area contributed by atoms with Gasteiger partial charge in [0.15, 0.2) is 11.5 Å². The molecule has 1 aliphatic rings. The first-order chi connectivity index (χ1) is 14.4. The summed E-state index contributed by atoms with van der Waals surface area (Å²) in [4.78, 5) is 30.0. The number of nitro benzene ring substituents is 1. The summed E-state index contributed by atoms with van der Waals surface area (Å²) in [6, 6.07) is 11.1. The highest BCUT2D eigenvalue weighted by Gasteiger charge is 2.30. The van der Waals surface area contributed by atoms with Gasteiger partial charge in [-0.05, 0) is 57.1 Å². The molecule has 0 aliphatic carbocycles. The summed E-state index contributed by atoms with van der Waals surface area (Å²) in [5.41, 5.74) is 1.55. The van der Waals surface area contributed by atoms with Crippen molar-refractivity contribution in [2.24, 2.45) is 0 Å². The van der Waals surface area contributed by atoms with Gasteiger partial charge in [0.05, 0.1) is 11.0 Å². The van der Waals surface area contributed by atoms with Crippen molar-refractivity contribution < 1.29 is 14.1 Å². The van der Waals surface area contributed by atoms with E-state index in [-0.39, 0.29) is 23.2 Å². The number of halogens is 1. The van der Waals surface area contributed by atoms with E-state index in [1.165, 1.54) is 12.1 Å². The second kappa shape index (κ2) is 8.41. The van der Waals surface area contributed by atoms with E-state index in [1.54, 1.807) is 24.3 Å². The standard InChI is InChI=1S/C21H21ClN4O4/c1-13(20(27)23-16-4-2-3-5-18(16)26(28)29)25-10-8-14(9-11-25)21-24-17-12-15(22)6-7-19(17)30-21/h2-7,12-14H,8-11H2,1H3,(H,23,27)/t13-/m1/s1. The predicted molar refractivity (Wildman–Crippen MR) is 114 cm³/mol. The maximum Gasteiger partial charge on any atom is 0.292 e. The fourth-order valence-electron chi connectivity index (χ4n) is 3.77. The summed E-state index contributed by atoms with van der Waals surface area (Å²) in [5.74, 6) is 0.612. The van der Waals surface area contributed by atoms with Crippen LogP contribution in [-0.2, 0) is 4.79 Å². The number of benzene rings is 2. The molecule has 1 fully saturated rings. The van der Waals surface area contributed by atoms with Gasteiger partial charge in [-0.2, -0.15) is 0 Å². The van der Waals surface area contributed by atoms with Crippen LogP contribution in [0.5, 0.6) is 0 Å². The fourth-order valence-corrected chi connectivity index (χ4v) is 3.93. The minimum atomic E-state index is -0.501. The van der Waals surface area contributed by atoms with Crippen molar-refractivity contribution in [3.05, 3.63) is 63.5 Å². The third-order valence-electron chi connectivity index (χ3n) is 5.53. The number of aromatic nitrogens is 1. The summed E-state index contributed by atoms with van der Waals surface area (Å²) in [6.07, 6.45) is 1.62. The number of nitro groups is 1. The van der Waals surface area contributed by atoms with Gasteiger partial charge in [0.25, 0.3) is 5.69 Å². The summed E-state index contributed by atoms with van der Waals surface area (Å²) in [5, 5.41) is 14.5. The molecule has 8 nitrogen and oxygen atoms in total. The average Bonchev–Trinajstić information content (AvgIpc) is 3.16. The molecule has 1 amide bonds. The van der Waals surface area contributed by atoms with Crippen LogP contribution < -0.4 is 5.32 Å². The Hall–Kier alpha value is -2.97. The van der Waals surface area contributed by atoms with E-state index < -0.39 is 11.0 Å². The van der Waals surface area contributed by atoms with Gasteiger partial charge in [0, 0.05) is 17.0 Å². The van der Waals surface area contributed by atoms with E-state index in [0.717, 1.165) is 18.4 Å². The number of carbonyl (C=O) groups excluding carboxylic acids is 1. The van der Waals surface area contributed by atoms with Crippen LogP contribution in [-0.4, -0.2) is 39.8 Å². The second-order valence-corrected chi connectivity index (χ2v) is 7.85. The van der Waals surface area contributed by atoms with Crippen LogP contribution in [0.25, 0.3) is 11.1 Å². The number of fused-ring (bicyclic) bond motifs is 1. The molecule has 30 heavy (non-hydrogen) atoms. The van der Waals surface area contributed by atoms with Crippen LogP contribution in [0.4, 0.5) is 11.4 Å². The number of likely N-dealkylation sites (tertiary alicyclic amines) is 1. The lowest BCUT2D eigenvalue weighted by molar-refractivity contribution is -0.383. The van der Waals surface area contributed by atoms with E-state index in [4.69, 9.17) is 16.0 Å². The Balaban J connectivity index is 1.38. The lowest BCUT2D eigenvalue weighted by Crippen LogP contribution is -2.45. The number of nitrogens with one attached hydrogen (secondary N) is 1. The monoisotopic (exact) mass is 428 g/mol. The number of hydrogen-bond acceptors (Lipinski definition) is 6. The number of carbonyl (C=O) groups is 1. The lowest BCUT2D eigenvalue weighted by Gasteiger charge is -2.34. The zero-order valence-electron chi connectivity index (χ0n) is 16.4. The van der Waals surface area contributed by atoms with E-state index in [9.17, 15) is 14.9 Å². The Morgan fingerprint density at radius 2 is 2.03 bits per heavy atom. The summed E-state index contributed by atoms with van der Waals surface area (Å²) in [7, 11) is 0. The van der Waals surface area contributed by atoms with E-state index in [0.29, 0.717) is 29.6 Å². The van der Waals surface area contributed by atoms with Crippen LogP contribution in [0.15, 0.2) is 46.9 Å². The predicted octanol–water partition coefficient (Wildman–Crippen LogP) is 4.60. The number of piperidine rings is 1. The van der Waals surface area contributed by atoms with Gasteiger partial charge in [-0.25, -0.2) is 4.98 Å². The molecule has 1 N–H and O–H groups in total. The SMILES string of the molecule is C[C@H](C(=O)Nc1ccccc1[N+](=O)[O-])N1CCC(c2nc3cc(Cl)ccc3o2)CC1. The highest BCUT2D eigenvalue weighted by molar-refractivity contribution is 6.31. The molecule has 4 rings (SSSR count). The molecule has 2 aromatic carbocycles. The molecule has 0 spiro atoms. The number of amides is 1. The molecule has 9 heteroatoms.